The number of halogens is 1. The molecule has 2 aliphatic rings. The lowest BCUT2D eigenvalue weighted by Crippen LogP contribution is -2.39. The van der Waals surface area contributed by atoms with Crippen molar-refractivity contribution in [3.05, 3.63) is 22.7 Å². The molecular formula is C13H14ClNO4. The van der Waals surface area contributed by atoms with Gasteiger partial charge in [-0.3, -0.25) is 9.69 Å². The Morgan fingerprint density at radius 1 is 1.21 bits per heavy atom. The summed E-state index contributed by atoms with van der Waals surface area (Å²) >= 11 is 6.12. The van der Waals surface area contributed by atoms with Crippen molar-refractivity contribution in [2.45, 2.75) is 0 Å². The number of hydrogen-bond donors (Lipinski definition) is 0. The highest BCUT2D eigenvalue weighted by Crippen LogP contribution is 2.36. The van der Waals surface area contributed by atoms with Crippen molar-refractivity contribution < 1.29 is 19.0 Å². The summed E-state index contributed by atoms with van der Waals surface area (Å²) in [6.07, 6.45) is 0. The molecule has 102 valence electrons. The van der Waals surface area contributed by atoms with Crippen LogP contribution >= 0.6 is 11.6 Å². The van der Waals surface area contributed by atoms with Gasteiger partial charge >= 0.3 is 0 Å². The van der Waals surface area contributed by atoms with Gasteiger partial charge < -0.3 is 14.2 Å². The van der Waals surface area contributed by atoms with E-state index in [1.54, 1.807) is 12.1 Å². The normalized spacial score (nSPS) is 18.6. The van der Waals surface area contributed by atoms with Gasteiger partial charge in [-0.15, -0.1) is 0 Å². The molecule has 2 heterocycles. The molecule has 0 unspecified atom stereocenters. The van der Waals surface area contributed by atoms with E-state index in [0.717, 1.165) is 13.1 Å². The molecule has 2 aliphatic heterocycles. The molecule has 3 rings (SSSR count). The van der Waals surface area contributed by atoms with Crippen molar-refractivity contribution in [2.75, 3.05) is 39.6 Å². The first kappa shape index (κ1) is 12.7. The van der Waals surface area contributed by atoms with Crippen LogP contribution in [-0.2, 0) is 4.74 Å². The molecule has 0 saturated carbocycles. The van der Waals surface area contributed by atoms with Crippen LogP contribution < -0.4 is 9.47 Å². The molecule has 0 spiro atoms. The Labute approximate surface area is 116 Å². The third kappa shape index (κ3) is 2.68. The predicted octanol–water partition coefficient (Wildman–Crippen LogP) is 1.58. The first-order valence-electron chi connectivity index (χ1n) is 6.16. The summed E-state index contributed by atoms with van der Waals surface area (Å²) in [4.78, 5) is 14.3. The van der Waals surface area contributed by atoms with Gasteiger partial charge in [-0.2, -0.15) is 0 Å². The Bertz CT molecular complexity index is 500. The summed E-state index contributed by atoms with van der Waals surface area (Å²) in [6.45, 7) is 3.40. The number of Topliss-reactive ketones (excluding diaryl/α,β-unsaturated/α-hetero) is 1. The van der Waals surface area contributed by atoms with Crippen LogP contribution in [0.4, 0.5) is 0 Å². The predicted molar refractivity (Wildman–Crippen MR) is 69.2 cm³/mol. The molecule has 0 radical (unpaired) electrons. The SMILES string of the molecule is O=C(CN1CCOCC1)c1cc2c(cc1Cl)OCO2. The Morgan fingerprint density at radius 2 is 1.89 bits per heavy atom. The molecule has 0 amide bonds. The molecule has 0 aromatic heterocycles. The van der Waals surface area contributed by atoms with Crippen LogP contribution in [0, 0.1) is 0 Å². The number of carbonyl (C=O) groups is 1. The van der Waals surface area contributed by atoms with Crippen molar-refractivity contribution in [1.29, 1.82) is 0 Å². The molecule has 0 atom stereocenters. The van der Waals surface area contributed by atoms with E-state index in [1.807, 2.05) is 0 Å². The number of nitrogens with zero attached hydrogens (tertiary/aromatic N) is 1. The highest BCUT2D eigenvalue weighted by molar-refractivity contribution is 6.34. The quantitative estimate of drug-likeness (QED) is 0.789. The number of morpholine rings is 1. The number of fused-ring (bicyclic) bond motifs is 1. The summed E-state index contributed by atoms with van der Waals surface area (Å²) in [7, 11) is 0. The van der Waals surface area contributed by atoms with Gasteiger partial charge in [0.25, 0.3) is 0 Å². The second kappa shape index (κ2) is 5.36. The Hall–Kier alpha value is -1.30. The summed E-state index contributed by atoms with van der Waals surface area (Å²) in [5, 5.41) is 0.405. The minimum atomic E-state index is -0.00907. The smallest absolute Gasteiger partial charge is 0.231 e. The topological polar surface area (TPSA) is 48.0 Å². The fourth-order valence-corrected chi connectivity index (χ4v) is 2.44. The molecule has 6 heteroatoms. The van der Waals surface area contributed by atoms with Gasteiger partial charge in [0, 0.05) is 24.7 Å². The third-order valence-electron chi connectivity index (χ3n) is 3.23. The third-order valence-corrected chi connectivity index (χ3v) is 3.55. The molecule has 0 bridgehead atoms. The van der Waals surface area contributed by atoms with E-state index < -0.39 is 0 Å². The molecule has 1 saturated heterocycles. The van der Waals surface area contributed by atoms with Gasteiger partial charge in [0.15, 0.2) is 17.3 Å². The van der Waals surface area contributed by atoms with E-state index in [0.29, 0.717) is 41.8 Å². The summed E-state index contributed by atoms with van der Waals surface area (Å²) in [6, 6.07) is 3.30. The maximum Gasteiger partial charge on any atom is 0.231 e. The van der Waals surface area contributed by atoms with Gasteiger partial charge in [-0.05, 0) is 6.07 Å². The van der Waals surface area contributed by atoms with Crippen molar-refractivity contribution in [1.82, 2.24) is 4.90 Å². The average Bonchev–Trinajstić information content (AvgIpc) is 2.86. The van der Waals surface area contributed by atoms with Gasteiger partial charge in [-0.25, -0.2) is 0 Å². The van der Waals surface area contributed by atoms with Crippen molar-refractivity contribution in [3.63, 3.8) is 0 Å². The van der Waals surface area contributed by atoms with E-state index in [1.165, 1.54) is 0 Å². The first-order valence-corrected chi connectivity index (χ1v) is 6.54. The van der Waals surface area contributed by atoms with Crippen molar-refractivity contribution in [3.8, 4) is 11.5 Å². The Balaban J connectivity index is 1.75. The van der Waals surface area contributed by atoms with Crippen LogP contribution in [0.2, 0.25) is 5.02 Å². The maximum atomic E-state index is 12.3. The van der Waals surface area contributed by atoms with E-state index in [4.69, 9.17) is 25.8 Å². The molecule has 1 aromatic carbocycles. The fraction of sp³-hybridized carbons (Fsp3) is 0.462. The molecule has 5 nitrogen and oxygen atoms in total. The second-order valence-electron chi connectivity index (χ2n) is 4.50. The van der Waals surface area contributed by atoms with Crippen LogP contribution in [0.1, 0.15) is 10.4 Å². The summed E-state index contributed by atoms with van der Waals surface area (Å²) in [5.74, 6) is 1.16. The number of carbonyl (C=O) groups excluding carboxylic acids is 1. The molecule has 0 aliphatic carbocycles. The van der Waals surface area contributed by atoms with Crippen molar-refractivity contribution in [2.24, 2.45) is 0 Å². The lowest BCUT2D eigenvalue weighted by Gasteiger charge is -2.25. The molecule has 19 heavy (non-hydrogen) atoms. The lowest BCUT2D eigenvalue weighted by molar-refractivity contribution is 0.0371. The minimum absolute atomic E-state index is 0.00907. The first-order chi connectivity index (χ1) is 9.24. The van der Waals surface area contributed by atoms with E-state index in [-0.39, 0.29) is 12.6 Å². The monoisotopic (exact) mass is 283 g/mol. The van der Waals surface area contributed by atoms with E-state index >= 15 is 0 Å². The zero-order valence-electron chi connectivity index (χ0n) is 10.4. The number of ether oxygens (including phenoxy) is 3. The van der Waals surface area contributed by atoms with Crippen molar-refractivity contribution >= 4 is 17.4 Å². The lowest BCUT2D eigenvalue weighted by atomic mass is 10.1. The molecular weight excluding hydrogens is 270 g/mol. The standard InChI is InChI=1S/C13H14ClNO4/c14-10-6-13-12(18-8-19-13)5-9(10)11(16)7-15-1-3-17-4-2-15/h5-6H,1-4,7-8H2. The van der Waals surface area contributed by atoms with Gasteiger partial charge in [-0.1, -0.05) is 11.6 Å². The largest absolute Gasteiger partial charge is 0.454 e. The number of rotatable bonds is 3. The average molecular weight is 284 g/mol. The van der Waals surface area contributed by atoms with Crippen LogP contribution in [0.15, 0.2) is 12.1 Å². The second-order valence-corrected chi connectivity index (χ2v) is 4.90. The minimum Gasteiger partial charge on any atom is -0.454 e. The molecule has 1 aromatic rings. The Kier molecular flexibility index (Phi) is 3.59. The highest BCUT2D eigenvalue weighted by Gasteiger charge is 2.22. The van der Waals surface area contributed by atoms with Crippen LogP contribution in [-0.4, -0.2) is 50.3 Å². The number of hydrogen-bond acceptors (Lipinski definition) is 5. The Morgan fingerprint density at radius 3 is 2.63 bits per heavy atom. The number of ketones is 1. The van der Waals surface area contributed by atoms with Crippen LogP contribution in [0.5, 0.6) is 11.5 Å². The summed E-state index contributed by atoms with van der Waals surface area (Å²) < 4.78 is 15.7. The van der Waals surface area contributed by atoms with E-state index in [9.17, 15) is 4.79 Å². The van der Waals surface area contributed by atoms with Gasteiger partial charge in [0.05, 0.1) is 24.8 Å². The van der Waals surface area contributed by atoms with Crippen LogP contribution in [0.3, 0.4) is 0 Å². The zero-order valence-corrected chi connectivity index (χ0v) is 11.1. The molecule has 0 N–H and O–H groups in total. The van der Waals surface area contributed by atoms with Crippen LogP contribution in [0.25, 0.3) is 0 Å². The zero-order chi connectivity index (χ0) is 13.2. The highest BCUT2D eigenvalue weighted by atomic mass is 35.5. The maximum absolute atomic E-state index is 12.3. The number of benzene rings is 1. The summed E-state index contributed by atoms with van der Waals surface area (Å²) in [5.41, 5.74) is 0.484. The fourth-order valence-electron chi connectivity index (χ4n) is 2.18. The van der Waals surface area contributed by atoms with Gasteiger partial charge in [0.2, 0.25) is 6.79 Å². The van der Waals surface area contributed by atoms with Gasteiger partial charge in [0.1, 0.15) is 0 Å². The van der Waals surface area contributed by atoms with E-state index in [2.05, 4.69) is 4.90 Å². The molecule has 1 fully saturated rings.